The van der Waals surface area contributed by atoms with Crippen LogP contribution in [0, 0.1) is 5.41 Å². The second-order valence-corrected chi connectivity index (χ2v) is 4.28. The van der Waals surface area contributed by atoms with E-state index in [1.165, 1.54) is 0 Å². The summed E-state index contributed by atoms with van der Waals surface area (Å²) < 4.78 is 0. The van der Waals surface area contributed by atoms with Crippen LogP contribution in [0.25, 0.3) is 0 Å². The van der Waals surface area contributed by atoms with E-state index < -0.39 is 0 Å². The van der Waals surface area contributed by atoms with Crippen LogP contribution in [0.15, 0.2) is 12.1 Å². The zero-order valence-electron chi connectivity index (χ0n) is 7.90. The van der Waals surface area contributed by atoms with Crippen molar-refractivity contribution < 1.29 is 0 Å². The summed E-state index contributed by atoms with van der Waals surface area (Å²) in [6.45, 7) is 4.48. The van der Waals surface area contributed by atoms with Gasteiger partial charge in [-0.3, -0.25) is 0 Å². The lowest BCUT2D eigenvalue weighted by molar-refractivity contribution is 0.120. The summed E-state index contributed by atoms with van der Waals surface area (Å²) in [5, 5.41) is 11.2. The molecule has 2 aliphatic heterocycles. The van der Waals surface area contributed by atoms with E-state index in [9.17, 15) is 0 Å². The summed E-state index contributed by atoms with van der Waals surface area (Å²) in [5.41, 5.74) is 6.01. The Bertz CT molecular complexity index is 335. The molecule has 0 amide bonds. The standard InChI is InChI=1S/C9H13N5/c10-7-1-2-8(13-12-7)14-5-9(6-14)3-11-4-9/h1-2,11H,3-6H2,(H2,10,12). The highest BCUT2D eigenvalue weighted by Gasteiger charge is 2.47. The molecule has 5 nitrogen and oxygen atoms in total. The van der Waals surface area contributed by atoms with E-state index in [0.717, 1.165) is 32.0 Å². The van der Waals surface area contributed by atoms with Gasteiger partial charge in [-0.1, -0.05) is 0 Å². The Morgan fingerprint density at radius 3 is 2.57 bits per heavy atom. The van der Waals surface area contributed by atoms with E-state index in [1.807, 2.05) is 6.07 Å². The minimum atomic E-state index is 0.481. The maximum atomic E-state index is 5.47. The molecule has 0 aromatic carbocycles. The van der Waals surface area contributed by atoms with E-state index in [0.29, 0.717) is 11.2 Å². The van der Waals surface area contributed by atoms with Crippen molar-refractivity contribution in [2.24, 2.45) is 5.41 Å². The number of anilines is 2. The van der Waals surface area contributed by atoms with Crippen LogP contribution in [0.4, 0.5) is 11.6 Å². The quantitative estimate of drug-likeness (QED) is 0.624. The fourth-order valence-corrected chi connectivity index (χ4v) is 2.13. The summed E-state index contributed by atoms with van der Waals surface area (Å²) in [6, 6.07) is 3.73. The third-order valence-corrected chi connectivity index (χ3v) is 3.05. The smallest absolute Gasteiger partial charge is 0.151 e. The summed E-state index contributed by atoms with van der Waals surface area (Å²) in [7, 11) is 0. The van der Waals surface area contributed by atoms with Crippen molar-refractivity contribution in [1.82, 2.24) is 15.5 Å². The molecule has 74 valence electrons. The Morgan fingerprint density at radius 2 is 2.07 bits per heavy atom. The zero-order valence-corrected chi connectivity index (χ0v) is 7.90. The number of nitrogens with one attached hydrogen (secondary N) is 1. The summed E-state index contributed by atoms with van der Waals surface area (Å²) >= 11 is 0. The zero-order chi connectivity index (χ0) is 9.60. The van der Waals surface area contributed by atoms with Gasteiger partial charge in [0.25, 0.3) is 0 Å². The lowest BCUT2D eigenvalue weighted by atomic mass is 9.74. The number of nitrogens with two attached hydrogens (primary N) is 1. The molecule has 1 aromatic rings. The predicted molar refractivity (Wildman–Crippen MR) is 54.0 cm³/mol. The van der Waals surface area contributed by atoms with E-state index in [1.54, 1.807) is 6.07 Å². The molecule has 5 heteroatoms. The molecule has 0 atom stereocenters. The fourth-order valence-electron chi connectivity index (χ4n) is 2.13. The second-order valence-electron chi connectivity index (χ2n) is 4.28. The van der Waals surface area contributed by atoms with Crippen molar-refractivity contribution in [3.05, 3.63) is 12.1 Å². The van der Waals surface area contributed by atoms with Gasteiger partial charge in [0.1, 0.15) is 5.82 Å². The molecule has 3 heterocycles. The molecule has 2 saturated heterocycles. The predicted octanol–water partition coefficient (Wildman–Crippen LogP) is -0.532. The number of hydrogen-bond acceptors (Lipinski definition) is 5. The SMILES string of the molecule is Nc1ccc(N2CC3(CNC3)C2)nn1. The van der Waals surface area contributed by atoms with Gasteiger partial charge >= 0.3 is 0 Å². The van der Waals surface area contributed by atoms with E-state index in [4.69, 9.17) is 5.73 Å². The van der Waals surface area contributed by atoms with E-state index in [2.05, 4.69) is 20.4 Å². The molecule has 0 unspecified atom stereocenters. The Labute approximate surface area is 82.3 Å². The van der Waals surface area contributed by atoms with Crippen LogP contribution < -0.4 is 16.0 Å². The fraction of sp³-hybridized carbons (Fsp3) is 0.556. The van der Waals surface area contributed by atoms with Gasteiger partial charge in [-0.05, 0) is 12.1 Å². The van der Waals surface area contributed by atoms with Crippen LogP contribution >= 0.6 is 0 Å². The molecule has 3 N–H and O–H groups in total. The topological polar surface area (TPSA) is 67.1 Å². The normalized spacial score (nSPS) is 23.0. The maximum Gasteiger partial charge on any atom is 0.151 e. The molecular formula is C9H13N5. The van der Waals surface area contributed by atoms with Crippen molar-refractivity contribution in [3.63, 3.8) is 0 Å². The highest BCUT2D eigenvalue weighted by atomic mass is 15.3. The molecule has 2 fully saturated rings. The Hall–Kier alpha value is -1.36. The molecule has 14 heavy (non-hydrogen) atoms. The molecule has 1 aromatic heterocycles. The lowest BCUT2D eigenvalue weighted by Crippen LogP contribution is -2.71. The van der Waals surface area contributed by atoms with Crippen molar-refractivity contribution in [2.45, 2.75) is 0 Å². The van der Waals surface area contributed by atoms with Crippen molar-refractivity contribution in [1.29, 1.82) is 0 Å². The first-order chi connectivity index (χ1) is 6.77. The van der Waals surface area contributed by atoms with Crippen LogP contribution in [-0.4, -0.2) is 36.4 Å². The molecule has 0 radical (unpaired) electrons. The first-order valence-electron chi connectivity index (χ1n) is 4.82. The molecule has 0 bridgehead atoms. The number of nitrogen functional groups attached to an aromatic ring is 1. The van der Waals surface area contributed by atoms with Gasteiger partial charge in [0, 0.05) is 31.6 Å². The van der Waals surface area contributed by atoms with Crippen molar-refractivity contribution in [2.75, 3.05) is 36.8 Å². The molecule has 0 aliphatic carbocycles. The first-order valence-corrected chi connectivity index (χ1v) is 4.82. The van der Waals surface area contributed by atoms with Gasteiger partial charge in [-0.25, -0.2) is 0 Å². The summed E-state index contributed by atoms with van der Waals surface area (Å²) in [5.74, 6) is 1.42. The van der Waals surface area contributed by atoms with Gasteiger partial charge in [0.2, 0.25) is 0 Å². The number of hydrogen-bond donors (Lipinski definition) is 2. The first kappa shape index (κ1) is 7.99. The summed E-state index contributed by atoms with van der Waals surface area (Å²) in [6.07, 6.45) is 0. The average molecular weight is 191 g/mol. The van der Waals surface area contributed by atoms with Crippen LogP contribution in [0.5, 0.6) is 0 Å². The molecular weight excluding hydrogens is 178 g/mol. The maximum absolute atomic E-state index is 5.47. The van der Waals surface area contributed by atoms with Crippen LogP contribution in [0.1, 0.15) is 0 Å². The van der Waals surface area contributed by atoms with Crippen LogP contribution in [0.3, 0.4) is 0 Å². The van der Waals surface area contributed by atoms with E-state index in [-0.39, 0.29) is 0 Å². The number of nitrogens with zero attached hydrogens (tertiary/aromatic N) is 3. The minimum absolute atomic E-state index is 0.481. The third-order valence-electron chi connectivity index (χ3n) is 3.05. The van der Waals surface area contributed by atoms with E-state index >= 15 is 0 Å². The van der Waals surface area contributed by atoms with Crippen LogP contribution in [0.2, 0.25) is 0 Å². The number of aromatic nitrogens is 2. The van der Waals surface area contributed by atoms with Gasteiger partial charge in [-0.2, -0.15) is 0 Å². The Balaban J connectivity index is 1.70. The molecule has 3 rings (SSSR count). The Morgan fingerprint density at radius 1 is 1.29 bits per heavy atom. The number of rotatable bonds is 1. The molecule has 0 saturated carbocycles. The molecule has 1 spiro atoms. The summed E-state index contributed by atoms with van der Waals surface area (Å²) in [4.78, 5) is 2.24. The van der Waals surface area contributed by atoms with Crippen LogP contribution in [-0.2, 0) is 0 Å². The highest BCUT2D eigenvalue weighted by Crippen LogP contribution is 2.36. The second kappa shape index (κ2) is 2.57. The Kier molecular flexibility index (Phi) is 1.47. The highest BCUT2D eigenvalue weighted by molar-refractivity contribution is 5.45. The van der Waals surface area contributed by atoms with Crippen molar-refractivity contribution in [3.8, 4) is 0 Å². The monoisotopic (exact) mass is 191 g/mol. The third kappa shape index (κ3) is 1.05. The van der Waals surface area contributed by atoms with Crippen molar-refractivity contribution >= 4 is 11.6 Å². The van der Waals surface area contributed by atoms with Gasteiger partial charge in [0.05, 0.1) is 0 Å². The largest absolute Gasteiger partial charge is 0.382 e. The average Bonchev–Trinajstić information content (AvgIpc) is 2.03. The lowest BCUT2D eigenvalue weighted by Gasteiger charge is -2.56. The molecule has 2 aliphatic rings. The van der Waals surface area contributed by atoms with Gasteiger partial charge in [0.15, 0.2) is 5.82 Å². The van der Waals surface area contributed by atoms with Gasteiger partial charge < -0.3 is 16.0 Å². The minimum Gasteiger partial charge on any atom is -0.382 e. The van der Waals surface area contributed by atoms with Gasteiger partial charge in [-0.15, -0.1) is 10.2 Å².